The van der Waals surface area contributed by atoms with Gasteiger partial charge in [-0.1, -0.05) is 23.7 Å². The quantitative estimate of drug-likeness (QED) is 0.675. The molecule has 2 aromatic rings. The summed E-state index contributed by atoms with van der Waals surface area (Å²) in [5.74, 6) is -0.208. The highest BCUT2D eigenvalue weighted by Crippen LogP contribution is 2.32. The molecule has 8 nitrogen and oxygen atoms in total. The van der Waals surface area contributed by atoms with Crippen LogP contribution in [0.15, 0.2) is 42.5 Å². The molecule has 0 aliphatic carbocycles. The monoisotopic (exact) mass is 485 g/mol. The zero-order valence-electron chi connectivity index (χ0n) is 19.2. The van der Waals surface area contributed by atoms with Crippen LogP contribution < -0.4 is 15.4 Å². The van der Waals surface area contributed by atoms with Crippen LogP contribution in [-0.4, -0.2) is 61.1 Å². The van der Waals surface area contributed by atoms with Gasteiger partial charge in [-0.25, -0.2) is 0 Å². The normalized spacial score (nSPS) is 21.9. The molecule has 4 rings (SSSR count). The van der Waals surface area contributed by atoms with Crippen molar-refractivity contribution in [1.29, 1.82) is 0 Å². The lowest BCUT2D eigenvalue weighted by Gasteiger charge is -2.42. The topological polar surface area (TPSA) is 97.0 Å². The average Bonchev–Trinajstić information content (AvgIpc) is 2.82. The van der Waals surface area contributed by atoms with Gasteiger partial charge >= 0.3 is 0 Å². The summed E-state index contributed by atoms with van der Waals surface area (Å²) in [7, 11) is 1.75. The predicted molar refractivity (Wildman–Crippen MR) is 128 cm³/mol. The van der Waals surface area contributed by atoms with Crippen molar-refractivity contribution >= 4 is 35.0 Å². The SMILES string of the molecule is CCNC(=O)C[C@H]1CC[C@H]2[C@@H](COc3ccc(NC(=O)c4ccccc4Cl)cc3C(=O)N2C)O1. The number of rotatable bonds is 5. The Balaban J connectivity index is 1.50. The number of benzene rings is 2. The molecule has 0 saturated carbocycles. The van der Waals surface area contributed by atoms with Gasteiger partial charge in [-0.3, -0.25) is 14.4 Å². The van der Waals surface area contributed by atoms with E-state index in [1.165, 1.54) is 0 Å². The molecule has 2 aliphatic heterocycles. The molecular weight excluding hydrogens is 458 g/mol. The minimum atomic E-state index is -0.364. The summed E-state index contributed by atoms with van der Waals surface area (Å²) in [5, 5.41) is 5.94. The average molecular weight is 486 g/mol. The first-order valence-corrected chi connectivity index (χ1v) is 11.8. The fraction of sp³-hybridized carbons (Fsp3) is 0.400. The van der Waals surface area contributed by atoms with Gasteiger partial charge in [0.2, 0.25) is 5.91 Å². The Morgan fingerprint density at radius 3 is 2.74 bits per heavy atom. The number of hydrogen-bond donors (Lipinski definition) is 2. The molecule has 1 saturated heterocycles. The Labute approximate surface area is 203 Å². The van der Waals surface area contributed by atoms with E-state index in [4.69, 9.17) is 21.1 Å². The Hall–Kier alpha value is -3.10. The molecule has 2 aliphatic rings. The van der Waals surface area contributed by atoms with Crippen LogP contribution in [0.5, 0.6) is 5.75 Å². The van der Waals surface area contributed by atoms with Gasteiger partial charge in [0.15, 0.2) is 0 Å². The maximum atomic E-state index is 13.3. The van der Waals surface area contributed by atoms with E-state index in [-0.39, 0.29) is 42.6 Å². The summed E-state index contributed by atoms with van der Waals surface area (Å²) in [5.41, 5.74) is 1.18. The fourth-order valence-electron chi connectivity index (χ4n) is 4.43. The highest BCUT2D eigenvalue weighted by Gasteiger charge is 2.39. The van der Waals surface area contributed by atoms with Crippen molar-refractivity contribution < 1.29 is 23.9 Å². The number of hydrogen-bond acceptors (Lipinski definition) is 5. The van der Waals surface area contributed by atoms with Crippen LogP contribution in [0.1, 0.15) is 46.9 Å². The number of carbonyl (C=O) groups is 3. The number of anilines is 1. The summed E-state index contributed by atoms with van der Waals surface area (Å²) >= 11 is 6.13. The van der Waals surface area contributed by atoms with Crippen LogP contribution >= 0.6 is 11.6 Å². The van der Waals surface area contributed by atoms with E-state index in [1.54, 1.807) is 54.4 Å². The van der Waals surface area contributed by atoms with Crippen LogP contribution in [0.4, 0.5) is 5.69 Å². The maximum absolute atomic E-state index is 13.3. The van der Waals surface area contributed by atoms with Crippen LogP contribution in [0.2, 0.25) is 5.02 Å². The summed E-state index contributed by atoms with van der Waals surface area (Å²) in [6.45, 7) is 2.71. The minimum absolute atomic E-state index is 0.0427. The Morgan fingerprint density at radius 1 is 1.18 bits per heavy atom. The fourth-order valence-corrected chi connectivity index (χ4v) is 4.65. The zero-order chi connectivity index (χ0) is 24.2. The van der Waals surface area contributed by atoms with Crippen molar-refractivity contribution in [2.45, 2.75) is 44.4 Å². The van der Waals surface area contributed by atoms with Gasteiger partial charge < -0.3 is 25.0 Å². The summed E-state index contributed by atoms with van der Waals surface area (Å²) < 4.78 is 12.1. The van der Waals surface area contributed by atoms with Gasteiger partial charge in [0.05, 0.1) is 34.7 Å². The van der Waals surface area contributed by atoms with E-state index >= 15 is 0 Å². The van der Waals surface area contributed by atoms with E-state index in [1.807, 2.05) is 6.92 Å². The number of fused-ring (bicyclic) bond motifs is 2. The number of amides is 3. The number of likely N-dealkylation sites (N-methyl/N-ethyl adjacent to an activating group) is 1. The molecule has 3 atom stereocenters. The van der Waals surface area contributed by atoms with E-state index in [9.17, 15) is 14.4 Å². The molecule has 180 valence electrons. The first kappa shape index (κ1) is 24.0. The number of halogens is 1. The Morgan fingerprint density at radius 2 is 1.97 bits per heavy atom. The molecule has 2 N–H and O–H groups in total. The Kier molecular flexibility index (Phi) is 7.38. The molecule has 9 heteroatoms. The summed E-state index contributed by atoms with van der Waals surface area (Å²) in [6, 6.07) is 11.6. The van der Waals surface area contributed by atoms with Crippen LogP contribution in [0.25, 0.3) is 0 Å². The van der Waals surface area contributed by atoms with Crippen LogP contribution in [0, 0.1) is 0 Å². The first-order valence-electron chi connectivity index (χ1n) is 11.4. The molecular formula is C25H28ClN3O5. The number of nitrogens with zero attached hydrogens (tertiary/aromatic N) is 1. The van der Waals surface area contributed by atoms with Gasteiger partial charge in [-0.2, -0.15) is 0 Å². The smallest absolute Gasteiger partial charge is 0.257 e. The first-order chi connectivity index (χ1) is 16.4. The lowest BCUT2D eigenvalue weighted by atomic mass is 9.94. The van der Waals surface area contributed by atoms with Gasteiger partial charge in [-0.15, -0.1) is 0 Å². The molecule has 0 unspecified atom stereocenters. The molecule has 0 spiro atoms. The largest absolute Gasteiger partial charge is 0.490 e. The van der Waals surface area contributed by atoms with Crippen molar-refractivity contribution in [3.05, 3.63) is 58.6 Å². The number of ether oxygens (including phenoxy) is 2. The van der Waals surface area contributed by atoms with Crippen molar-refractivity contribution in [3.63, 3.8) is 0 Å². The predicted octanol–water partition coefficient (Wildman–Crippen LogP) is 3.50. The number of nitrogens with one attached hydrogen (secondary N) is 2. The van der Waals surface area contributed by atoms with E-state index in [2.05, 4.69) is 10.6 Å². The van der Waals surface area contributed by atoms with E-state index < -0.39 is 0 Å². The molecule has 2 aromatic carbocycles. The zero-order valence-corrected chi connectivity index (χ0v) is 19.9. The molecule has 34 heavy (non-hydrogen) atoms. The second kappa shape index (κ2) is 10.4. The standard InChI is InChI=1S/C25H28ClN3O5/c1-3-27-23(30)13-16-9-10-20-22(34-16)14-33-21-11-8-15(12-18(21)25(32)29(20)2)28-24(31)17-6-4-5-7-19(17)26/h4-8,11-12,16,20,22H,3,9-10,13-14H2,1-2H3,(H,27,30)(H,28,31)/t16-,20+,22-/m1/s1. The van der Waals surface area contributed by atoms with Crippen LogP contribution in [0.3, 0.4) is 0 Å². The molecule has 2 heterocycles. The van der Waals surface area contributed by atoms with Crippen molar-refractivity contribution in [2.75, 3.05) is 25.5 Å². The van der Waals surface area contributed by atoms with Gasteiger partial charge in [0, 0.05) is 19.3 Å². The van der Waals surface area contributed by atoms with Crippen LogP contribution in [-0.2, 0) is 9.53 Å². The second-order valence-corrected chi connectivity index (χ2v) is 8.88. The minimum Gasteiger partial charge on any atom is -0.490 e. The van der Waals surface area contributed by atoms with Crippen molar-refractivity contribution in [1.82, 2.24) is 10.2 Å². The second-order valence-electron chi connectivity index (χ2n) is 8.47. The lowest BCUT2D eigenvalue weighted by Crippen LogP contribution is -2.54. The molecule has 0 aromatic heterocycles. The lowest BCUT2D eigenvalue weighted by molar-refractivity contribution is -0.133. The van der Waals surface area contributed by atoms with Gasteiger partial charge in [0.25, 0.3) is 11.8 Å². The molecule has 0 radical (unpaired) electrons. The molecule has 1 fully saturated rings. The third-order valence-corrected chi connectivity index (χ3v) is 6.50. The summed E-state index contributed by atoms with van der Waals surface area (Å²) in [6.07, 6.45) is 1.13. The highest BCUT2D eigenvalue weighted by atomic mass is 35.5. The van der Waals surface area contributed by atoms with Crippen molar-refractivity contribution in [2.24, 2.45) is 0 Å². The molecule has 3 amide bonds. The summed E-state index contributed by atoms with van der Waals surface area (Å²) in [4.78, 5) is 39.6. The van der Waals surface area contributed by atoms with E-state index in [0.29, 0.717) is 53.4 Å². The number of carbonyl (C=O) groups excluding carboxylic acids is 3. The maximum Gasteiger partial charge on any atom is 0.257 e. The van der Waals surface area contributed by atoms with Crippen molar-refractivity contribution in [3.8, 4) is 5.75 Å². The van der Waals surface area contributed by atoms with Gasteiger partial charge in [-0.05, 0) is 50.1 Å². The third-order valence-electron chi connectivity index (χ3n) is 6.18. The van der Waals surface area contributed by atoms with Gasteiger partial charge in [0.1, 0.15) is 18.5 Å². The third kappa shape index (κ3) is 5.18. The highest BCUT2D eigenvalue weighted by molar-refractivity contribution is 6.34. The van der Waals surface area contributed by atoms with E-state index in [0.717, 1.165) is 0 Å². The molecule has 0 bridgehead atoms. The Bertz CT molecular complexity index is 1090.